The highest BCUT2D eigenvalue weighted by atomic mass is 16.5. The number of ether oxygens (including phenoxy) is 1. The number of nitrogens with zero attached hydrogens (tertiary/aromatic N) is 6. The Morgan fingerprint density at radius 3 is 2.63 bits per heavy atom. The molecule has 1 heterocycles. The molecule has 8 heteroatoms. The third kappa shape index (κ3) is 3.70. The summed E-state index contributed by atoms with van der Waals surface area (Å²) in [7, 11) is 7.23. The minimum Gasteiger partial charge on any atom is -0.470 e. The summed E-state index contributed by atoms with van der Waals surface area (Å²) in [5.41, 5.74) is 0.314. The summed E-state index contributed by atoms with van der Waals surface area (Å²) in [4.78, 5) is 19.7. The molecule has 0 saturated heterocycles. The lowest BCUT2D eigenvalue weighted by Crippen LogP contribution is -2.63. The van der Waals surface area contributed by atoms with Crippen molar-refractivity contribution >= 4 is 11.8 Å². The van der Waals surface area contributed by atoms with E-state index in [1.807, 2.05) is 27.1 Å². The number of hydrogen-bond acceptors (Lipinski definition) is 6. The van der Waals surface area contributed by atoms with Crippen LogP contribution in [0.1, 0.15) is 26.0 Å². The predicted molar refractivity (Wildman–Crippen MR) is 107 cm³/mol. The van der Waals surface area contributed by atoms with Crippen molar-refractivity contribution in [2.75, 3.05) is 33.3 Å². The van der Waals surface area contributed by atoms with Crippen LogP contribution in [-0.4, -0.2) is 71.4 Å². The van der Waals surface area contributed by atoms with E-state index in [0.717, 1.165) is 12.1 Å². The lowest BCUT2D eigenvalue weighted by molar-refractivity contribution is -0.146. The molecule has 0 unspecified atom stereocenters. The van der Waals surface area contributed by atoms with Gasteiger partial charge in [0.1, 0.15) is 11.3 Å². The molecule has 1 amide bonds. The van der Waals surface area contributed by atoms with E-state index in [1.165, 1.54) is 6.08 Å². The first-order valence-corrected chi connectivity index (χ1v) is 8.88. The maximum atomic E-state index is 11.9. The van der Waals surface area contributed by atoms with Crippen LogP contribution in [0.3, 0.4) is 0 Å². The van der Waals surface area contributed by atoms with Gasteiger partial charge in [-0.3, -0.25) is 14.8 Å². The lowest BCUT2D eigenvalue weighted by atomic mass is 9.66. The molecule has 3 atom stereocenters. The molecule has 148 valence electrons. The number of carbonyl (C=O) groups excluding carboxylic acids is 1. The Hall–Kier alpha value is -2.77. The summed E-state index contributed by atoms with van der Waals surface area (Å²) in [5, 5.41) is 7.94. The van der Waals surface area contributed by atoms with Crippen molar-refractivity contribution in [2.45, 2.75) is 31.9 Å². The van der Waals surface area contributed by atoms with Crippen LogP contribution >= 0.6 is 0 Å². The molecule has 0 aromatic carbocycles. The van der Waals surface area contributed by atoms with Crippen LogP contribution in [0.2, 0.25) is 0 Å². The molecule has 1 saturated carbocycles. The SMILES string of the molecule is C=CC(=O)N(C)[C@H]1C[C@](C)(OC(=NC)c2ccnn2N(C)N(C)C=C)[C@@H]1C. The van der Waals surface area contributed by atoms with Crippen LogP contribution in [0.5, 0.6) is 0 Å². The summed E-state index contributed by atoms with van der Waals surface area (Å²) in [6.45, 7) is 11.5. The van der Waals surface area contributed by atoms with Crippen LogP contribution in [0.25, 0.3) is 0 Å². The van der Waals surface area contributed by atoms with Crippen molar-refractivity contribution in [2.24, 2.45) is 10.9 Å². The summed E-state index contributed by atoms with van der Waals surface area (Å²) in [5.74, 6) is 0.570. The number of aromatic nitrogens is 2. The zero-order valence-electron chi connectivity index (χ0n) is 17.1. The van der Waals surface area contributed by atoms with Gasteiger partial charge in [-0.15, -0.1) is 0 Å². The largest absolute Gasteiger partial charge is 0.470 e. The Balaban J connectivity index is 2.18. The Bertz CT molecular complexity index is 742. The van der Waals surface area contributed by atoms with Gasteiger partial charge in [-0.2, -0.15) is 9.89 Å². The van der Waals surface area contributed by atoms with Crippen LogP contribution in [0, 0.1) is 5.92 Å². The monoisotopic (exact) mass is 374 g/mol. The van der Waals surface area contributed by atoms with Crippen molar-refractivity contribution in [1.29, 1.82) is 0 Å². The smallest absolute Gasteiger partial charge is 0.245 e. The summed E-state index contributed by atoms with van der Waals surface area (Å²) in [6.07, 6.45) is 5.44. The lowest BCUT2D eigenvalue weighted by Gasteiger charge is -2.54. The minimum absolute atomic E-state index is 0.0783. The molecule has 0 N–H and O–H groups in total. The van der Waals surface area contributed by atoms with Crippen LogP contribution < -0.4 is 5.12 Å². The van der Waals surface area contributed by atoms with Crippen LogP contribution in [-0.2, 0) is 9.53 Å². The van der Waals surface area contributed by atoms with Gasteiger partial charge in [-0.1, -0.05) is 20.1 Å². The summed E-state index contributed by atoms with van der Waals surface area (Å²) in [6, 6.07) is 1.96. The third-order valence-electron chi connectivity index (χ3n) is 5.55. The van der Waals surface area contributed by atoms with E-state index in [-0.39, 0.29) is 17.9 Å². The van der Waals surface area contributed by atoms with Crippen LogP contribution in [0.15, 0.2) is 42.7 Å². The minimum atomic E-state index is -0.423. The van der Waals surface area contributed by atoms with E-state index in [0.29, 0.717) is 5.90 Å². The first kappa shape index (κ1) is 20.5. The Morgan fingerprint density at radius 1 is 1.44 bits per heavy atom. The molecule has 1 aliphatic carbocycles. The van der Waals surface area contributed by atoms with Crippen LogP contribution in [0.4, 0.5) is 0 Å². The highest BCUT2D eigenvalue weighted by molar-refractivity contribution is 5.93. The molecule has 8 nitrogen and oxygen atoms in total. The van der Waals surface area contributed by atoms with Crippen molar-refractivity contribution in [3.8, 4) is 0 Å². The average molecular weight is 374 g/mol. The predicted octanol–water partition coefficient (Wildman–Crippen LogP) is 1.65. The number of likely N-dealkylation sites (N-methyl/N-ethyl adjacent to an activating group) is 1. The zero-order chi connectivity index (χ0) is 20.4. The highest BCUT2D eigenvalue weighted by Crippen LogP contribution is 2.44. The molecule has 1 aromatic heterocycles. The molecular formula is C19H30N6O2. The quantitative estimate of drug-likeness (QED) is 0.314. The fraction of sp³-hybridized carbons (Fsp3) is 0.526. The number of hydrazine groups is 1. The fourth-order valence-electron chi connectivity index (χ4n) is 3.31. The van der Waals surface area contributed by atoms with Gasteiger partial charge in [-0.05, 0) is 19.1 Å². The molecule has 27 heavy (non-hydrogen) atoms. The van der Waals surface area contributed by atoms with E-state index < -0.39 is 5.60 Å². The summed E-state index contributed by atoms with van der Waals surface area (Å²) < 4.78 is 6.33. The first-order chi connectivity index (χ1) is 12.7. The van der Waals surface area contributed by atoms with Gasteiger partial charge in [0.05, 0.1) is 6.20 Å². The first-order valence-electron chi connectivity index (χ1n) is 8.88. The molecular weight excluding hydrogens is 344 g/mol. The normalized spacial score (nSPS) is 24.6. The van der Waals surface area contributed by atoms with Gasteiger partial charge in [0, 0.05) is 52.8 Å². The zero-order valence-corrected chi connectivity index (χ0v) is 17.1. The van der Waals surface area contributed by atoms with Crippen molar-refractivity contribution < 1.29 is 9.53 Å². The van der Waals surface area contributed by atoms with Crippen molar-refractivity contribution in [3.05, 3.63) is 43.4 Å². The van der Waals surface area contributed by atoms with Crippen molar-refractivity contribution in [3.63, 3.8) is 0 Å². The van der Waals surface area contributed by atoms with Gasteiger partial charge in [0.25, 0.3) is 0 Å². The summed E-state index contributed by atoms with van der Waals surface area (Å²) >= 11 is 0. The molecule has 1 aromatic rings. The molecule has 0 radical (unpaired) electrons. The molecule has 1 fully saturated rings. The highest BCUT2D eigenvalue weighted by Gasteiger charge is 2.53. The van der Waals surface area contributed by atoms with Gasteiger partial charge in [-0.25, -0.2) is 5.12 Å². The van der Waals surface area contributed by atoms with E-state index in [1.54, 1.807) is 46.3 Å². The maximum Gasteiger partial charge on any atom is 0.245 e. The molecule has 0 aliphatic heterocycles. The van der Waals surface area contributed by atoms with E-state index in [2.05, 4.69) is 30.2 Å². The second kappa shape index (κ2) is 7.85. The average Bonchev–Trinajstić information content (AvgIpc) is 3.16. The number of hydrogen-bond donors (Lipinski definition) is 0. The van der Waals surface area contributed by atoms with Crippen molar-refractivity contribution in [1.82, 2.24) is 19.8 Å². The third-order valence-corrected chi connectivity index (χ3v) is 5.55. The maximum absolute atomic E-state index is 11.9. The second-order valence-corrected chi connectivity index (χ2v) is 7.01. The fourth-order valence-corrected chi connectivity index (χ4v) is 3.31. The number of rotatable bonds is 7. The number of aliphatic imine (C=N–C) groups is 1. The van der Waals surface area contributed by atoms with Gasteiger partial charge in [0.15, 0.2) is 0 Å². The Kier molecular flexibility index (Phi) is 5.98. The Morgan fingerprint density at radius 2 is 2.11 bits per heavy atom. The van der Waals surface area contributed by atoms with Gasteiger partial charge < -0.3 is 9.64 Å². The van der Waals surface area contributed by atoms with E-state index >= 15 is 0 Å². The van der Waals surface area contributed by atoms with E-state index in [4.69, 9.17) is 4.74 Å². The second-order valence-electron chi connectivity index (χ2n) is 7.01. The molecule has 1 aliphatic rings. The molecule has 2 rings (SSSR count). The standard InChI is InChI=1S/C19H30N6O2/c1-9-17(26)23(7)16-13-19(4,14(16)3)27-18(20-5)15-11-12-21-25(15)24(8)22(6)10-2/h9-12,14,16H,1-2,13H2,3-8H3/t14-,16+,19+/m1/s1. The number of carbonyl (C=O) groups is 1. The Labute approximate surface area is 161 Å². The molecule has 0 bridgehead atoms. The van der Waals surface area contributed by atoms with Gasteiger partial charge in [0.2, 0.25) is 11.8 Å². The van der Waals surface area contributed by atoms with E-state index in [9.17, 15) is 4.79 Å². The number of amides is 1. The van der Waals surface area contributed by atoms with Gasteiger partial charge >= 0.3 is 0 Å². The topological polar surface area (TPSA) is 66.2 Å². The molecule has 0 spiro atoms.